The summed E-state index contributed by atoms with van der Waals surface area (Å²) in [7, 11) is 1.54. The van der Waals surface area contributed by atoms with Gasteiger partial charge in [-0.05, 0) is 19.1 Å². The lowest BCUT2D eigenvalue weighted by Crippen LogP contribution is -2.31. The van der Waals surface area contributed by atoms with E-state index >= 15 is 0 Å². The molecule has 0 fully saturated rings. The highest BCUT2D eigenvalue weighted by Crippen LogP contribution is 2.25. The minimum absolute atomic E-state index is 0.120. The molecule has 0 aliphatic heterocycles. The first-order valence-corrected chi connectivity index (χ1v) is 4.88. The number of rotatable bonds is 4. The maximum Gasteiger partial charge on any atom is 0.258 e. The zero-order valence-electron chi connectivity index (χ0n) is 9.23. The zero-order chi connectivity index (χ0) is 12.1. The number of ether oxygens (including phenoxy) is 1. The molecule has 1 aromatic carbocycles. The van der Waals surface area contributed by atoms with Gasteiger partial charge in [0.15, 0.2) is 0 Å². The van der Waals surface area contributed by atoms with Crippen LogP contribution in [0, 0.1) is 0 Å². The van der Waals surface area contributed by atoms with Crippen LogP contribution in [0.2, 0.25) is 0 Å². The van der Waals surface area contributed by atoms with E-state index in [0.717, 1.165) is 0 Å². The van der Waals surface area contributed by atoms with Crippen molar-refractivity contribution < 1.29 is 19.7 Å². The highest BCUT2D eigenvalue weighted by molar-refractivity contribution is 5.99. The van der Waals surface area contributed by atoms with Gasteiger partial charge in [-0.2, -0.15) is 0 Å². The summed E-state index contributed by atoms with van der Waals surface area (Å²) in [6.45, 7) is 2.11. The molecule has 88 valence electrons. The predicted octanol–water partition coefficient (Wildman–Crippen LogP) is 0.863. The molecule has 0 aliphatic rings. The Labute approximate surface area is 93.7 Å². The molecule has 0 spiro atoms. The minimum Gasteiger partial charge on any atom is -0.507 e. The molecule has 1 rings (SSSR count). The van der Waals surface area contributed by atoms with Gasteiger partial charge in [0.05, 0.1) is 6.10 Å². The summed E-state index contributed by atoms with van der Waals surface area (Å²) in [4.78, 5) is 11.6. The van der Waals surface area contributed by atoms with Crippen molar-refractivity contribution in [1.29, 1.82) is 0 Å². The fourth-order valence-electron chi connectivity index (χ4n) is 1.17. The van der Waals surface area contributed by atoms with Crippen LogP contribution in [0.15, 0.2) is 18.2 Å². The standard InChI is InChI=1S/C11H15NO4/c1-7(16-2)6-12-11(15)10-8(13)4-3-5-9(10)14/h3-5,7,13-14H,6H2,1-2H3,(H,12,15). The Bertz CT molecular complexity index is 358. The van der Waals surface area contributed by atoms with E-state index in [0.29, 0.717) is 6.54 Å². The second-order valence-electron chi connectivity index (χ2n) is 3.43. The number of aromatic hydroxyl groups is 2. The summed E-state index contributed by atoms with van der Waals surface area (Å²) < 4.78 is 4.96. The molecule has 0 aliphatic carbocycles. The molecule has 0 aromatic heterocycles. The van der Waals surface area contributed by atoms with E-state index in [1.807, 2.05) is 0 Å². The number of benzene rings is 1. The van der Waals surface area contributed by atoms with E-state index < -0.39 is 5.91 Å². The van der Waals surface area contributed by atoms with E-state index in [9.17, 15) is 15.0 Å². The van der Waals surface area contributed by atoms with Crippen LogP contribution >= 0.6 is 0 Å². The summed E-state index contributed by atoms with van der Waals surface area (Å²) in [5, 5.41) is 21.4. The number of hydrogen-bond acceptors (Lipinski definition) is 4. The lowest BCUT2D eigenvalue weighted by atomic mass is 10.1. The van der Waals surface area contributed by atoms with E-state index in [1.54, 1.807) is 6.92 Å². The molecule has 3 N–H and O–H groups in total. The molecule has 1 aromatic rings. The van der Waals surface area contributed by atoms with Crippen LogP contribution in [-0.2, 0) is 4.74 Å². The molecule has 1 unspecified atom stereocenters. The third kappa shape index (κ3) is 2.87. The maximum atomic E-state index is 11.6. The van der Waals surface area contributed by atoms with Crippen molar-refractivity contribution in [1.82, 2.24) is 5.32 Å². The molecule has 5 nitrogen and oxygen atoms in total. The summed E-state index contributed by atoms with van der Waals surface area (Å²) >= 11 is 0. The predicted molar refractivity (Wildman–Crippen MR) is 58.6 cm³/mol. The molecule has 1 amide bonds. The van der Waals surface area contributed by atoms with E-state index in [2.05, 4.69) is 5.32 Å². The lowest BCUT2D eigenvalue weighted by molar-refractivity contribution is 0.0865. The van der Waals surface area contributed by atoms with Gasteiger partial charge in [0.1, 0.15) is 17.1 Å². The molecular formula is C11H15NO4. The van der Waals surface area contributed by atoms with Gasteiger partial charge in [-0.3, -0.25) is 4.79 Å². The molecule has 1 atom stereocenters. The molecule has 0 heterocycles. The number of carbonyl (C=O) groups excluding carboxylic acids is 1. The Morgan fingerprint density at radius 3 is 2.50 bits per heavy atom. The van der Waals surface area contributed by atoms with E-state index in [4.69, 9.17) is 4.74 Å². The quantitative estimate of drug-likeness (QED) is 0.710. The topological polar surface area (TPSA) is 78.8 Å². The zero-order valence-corrected chi connectivity index (χ0v) is 9.23. The molecule has 5 heteroatoms. The summed E-state index contributed by atoms with van der Waals surface area (Å²) in [6, 6.07) is 4.14. The largest absolute Gasteiger partial charge is 0.507 e. The molecule has 0 saturated heterocycles. The van der Waals surface area contributed by atoms with Crippen molar-refractivity contribution in [3.05, 3.63) is 23.8 Å². The Morgan fingerprint density at radius 1 is 1.44 bits per heavy atom. The molecule has 0 saturated carbocycles. The van der Waals surface area contributed by atoms with Crippen LogP contribution in [0.1, 0.15) is 17.3 Å². The van der Waals surface area contributed by atoms with Crippen molar-refractivity contribution in [3.8, 4) is 11.5 Å². The Kier molecular flexibility index (Phi) is 4.13. The minimum atomic E-state index is -0.528. The van der Waals surface area contributed by atoms with Crippen LogP contribution in [0.3, 0.4) is 0 Å². The van der Waals surface area contributed by atoms with Gasteiger partial charge >= 0.3 is 0 Å². The van der Waals surface area contributed by atoms with Crippen molar-refractivity contribution in [2.75, 3.05) is 13.7 Å². The Morgan fingerprint density at radius 2 is 2.00 bits per heavy atom. The second-order valence-corrected chi connectivity index (χ2v) is 3.43. The lowest BCUT2D eigenvalue weighted by Gasteiger charge is -2.12. The molecule has 0 bridgehead atoms. The maximum absolute atomic E-state index is 11.6. The van der Waals surface area contributed by atoms with Crippen LogP contribution in [0.25, 0.3) is 0 Å². The van der Waals surface area contributed by atoms with Crippen LogP contribution in [0.5, 0.6) is 11.5 Å². The molecular weight excluding hydrogens is 210 g/mol. The monoisotopic (exact) mass is 225 g/mol. The first-order chi connectivity index (χ1) is 7.56. The smallest absolute Gasteiger partial charge is 0.258 e. The second kappa shape index (κ2) is 5.37. The average Bonchev–Trinajstić information content (AvgIpc) is 2.25. The van der Waals surface area contributed by atoms with Gasteiger partial charge in [-0.25, -0.2) is 0 Å². The number of nitrogens with one attached hydrogen (secondary N) is 1. The van der Waals surface area contributed by atoms with Gasteiger partial charge in [-0.1, -0.05) is 6.07 Å². The number of phenols is 2. The fraction of sp³-hybridized carbons (Fsp3) is 0.364. The molecule has 16 heavy (non-hydrogen) atoms. The average molecular weight is 225 g/mol. The third-order valence-corrected chi connectivity index (χ3v) is 2.20. The molecule has 0 radical (unpaired) electrons. The SMILES string of the molecule is COC(C)CNC(=O)c1c(O)cccc1O. The van der Waals surface area contributed by atoms with Gasteiger partial charge < -0.3 is 20.3 Å². The highest BCUT2D eigenvalue weighted by Gasteiger charge is 2.16. The third-order valence-electron chi connectivity index (χ3n) is 2.20. The number of carbonyl (C=O) groups is 1. The van der Waals surface area contributed by atoms with Crippen LogP contribution < -0.4 is 5.32 Å². The summed E-state index contributed by atoms with van der Waals surface area (Å²) in [5.74, 6) is -1.02. The van der Waals surface area contributed by atoms with E-state index in [-0.39, 0.29) is 23.2 Å². The fourth-order valence-corrected chi connectivity index (χ4v) is 1.17. The number of methoxy groups -OCH3 is 1. The highest BCUT2D eigenvalue weighted by atomic mass is 16.5. The van der Waals surface area contributed by atoms with E-state index in [1.165, 1.54) is 25.3 Å². The van der Waals surface area contributed by atoms with Gasteiger partial charge in [-0.15, -0.1) is 0 Å². The number of amides is 1. The number of hydrogen-bond donors (Lipinski definition) is 3. The van der Waals surface area contributed by atoms with Crippen molar-refractivity contribution in [3.63, 3.8) is 0 Å². The number of phenolic OH excluding ortho intramolecular Hbond substituents is 2. The van der Waals surface area contributed by atoms with Crippen LogP contribution in [0.4, 0.5) is 0 Å². The van der Waals surface area contributed by atoms with Crippen molar-refractivity contribution in [2.24, 2.45) is 0 Å². The first-order valence-electron chi connectivity index (χ1n) is 4.88. The van der Waals surface area contributed by atoms with Crippen LogP contribution in [-0.4, -0.2) is 35.9 Å². The van der Waals surface area contributed by atoms with Crippen molar-refractivity contribution >= 4 is 5.91 Å². The first kappa shape index (κ1) is 12.3. The van der Waals surface area contributed by atoms with Gasteiger partial charge in [0.2, 0.25) is 0 Å². The normalized spacial score (nSPS) is 12.1. The Hall–Kier alpha value is -1.75. The summed E-state index contributed by atoms with van der Waals surface area (Å²) in [6.07, 6.45) is -0.128. The summed E-state index contributed by atoms with van der Waals surface area (Å²) in [5.41, 5.74) is -0.120. The van der Waals surface area contributed by atoms with Gasteiger partial charge in [0.25, 0.3) is 5.91 Å². The van der Waals surface area contributed by atoms with Gasteiger partial charge in [0, 0.05) is 13.7 Å². The van der Waals surface area contributed by atoms with Crippen molar-refractivity contribution in [2.45, 2.75) is 13.0 Å². The Balaban J connectivity index is 2.73.